The van der Waals surface area contributed by atoms with Gasteiger partial charge in [0.1, 0.15) is 12.4 Å². The minimum atomic E-state index is -4.28. The zero-order valence-electron chi connectivity index (χ0n) is 12.6. The Bertz CT molecular complexity index is 461. The predicted octanol–water partition coefficient (Wildman–Crippen LogP) is 4.01. The summed E-state index contributed by atoms with van der Waals surface area (Å²) in [5.74, 6) is 0.285. The predicted molar refractivity (Wildman–Crippen MR) is 79.8 cm³/mol. The van der Waals surface area contributed by atoms with Crippen LogP contribution in [0.25, 0.3) is 0 Å². The van der Waals surface area contributed by atoms with E-state index in [-0.39, 0.29) is 17.9 Å². The molecular formula is C14H21ClF3N3. The van der Waals surface area contributed by atoms with Crippen LogP contribution in [0.5, 0.6) is 0 Å². The molecule has 120 valence electrons. The minimum Gasteiger partial charge on any atom is -0.345 e. The summed E-state index contributed by atoms with van der Waals surface area (Å²) in [6.45, 7) is 6.84. The van der Waals surface area contributed by atoms with Crippen LogP contribution in [0, 0.1) is 0 Å². The first-order chi connectivity index (χ1) is 9.60. The van der Waals surface area contributed by atoms with Gasteiger partial charge in [0.25, 0.3) is 0 Å². The summed E-state index contributed by atoms with van der Waals surface area (Å²) in [5.41, 5.74) is 0.739. The lowest BCUT2D eigenvalue weighted by Gasteiger charge is -2.29. The van der Waals surface area contributed by atoms with Crippen LogP contribution in [0.4, 0.5) is 19.0 Å². The molecule has 1 aromatic heterocycles. The number of nitrogens with zero attached hydrogens (tertiary/aromatic N) is 2. The maximum atomic E-state index is 12.7. The van der Waals surface area contributed by atoms with Gasteiger partial charge < -0.3 is 10.2 Å². The topological polar surface area (TPSA) is 28.2 Å². The Hall–Kier alpha value is -1.01. The average Bonchev–Trinajstić information content (AvgIpc) is 2.33. The normalized spacial score (nSPS) is 12.3. The monoisotopic (exact) mass is 323 g/mol. The maximum absolute atomic E-state index is 12.7. The van der Waals surface area contributed by atoms with Crippen LogP contribution in [0.3, 0.4) is 0 Å². The van der Waals surface area contributed by atoms with E-state index in [0.717, 1.165) is 5.56 Å². The number of nitrogens with one attached hydrogen (secondary N) is 1. The van der Waals surface area contributed by atoms with E-state index in [9.17, 15) is 13.2 Å². The number of hydrogen-bond acceptors (Lipinski definition) is 3. The first-order valence-corrected chi connectivity index (χ1v) is 7.19. The molecular weight excluding hydrogens is 303 g/mol. The van der Waals surface area contributed by atoms with Crippen molar-refractivity contribution in [2.75, 3.05) is 11.4 Å². The number of aromatic nitrogens is 1. The second-order valence-corrected chi connectivity index (χ2v) is 5.91. The lowest BCUT2D eigenvalue weighted by molar-refractivity contribution is -0.120. The molecule has 21 heavy (non-hydrogen) atoms. The fraction of sp³-hybridized carbons (Fsp3) is 0.643. The molecule has 0 aromatic carbocycles. The average molecular weight is 324 g/mol. The Kier molecular flexibility index (Phi) is 6.28. The Morgan fingerprint density at radius 3 is 2.38 bits per heavy atom. The molecule has 0 unspecified atom stereocenters. The molecule has 7 heteroatoms. The van der Waals surface area contributed by atoms with Crippen LogP contribution in [-0.2, 0) is 6.54 Å². The van der Waals surface area contributed by atoms with Gasteiger partial charge >= 0.3 is 6.18 Å². The highest BCUT2D eigenvalue weighted by Crippen LogP contribution is 2.25. The number of anilines is 1. The second-order valence-electron chi connectivity index (χ2n) is 5.51. The van der Waals surface area contributed by atoms with Gasteiger partial charge in [-0.05, 0) is 25.5 Å². The largest absolute Gasteiger partial charge is 0.405 e. The van der Waals surface area contributed by atoms with Crippen LogP contribution in [0.2, 0.25) is 5.02 Å². The van der Waals surface area contributed by atoms with Gasteiger partial charge in [-0.25, -0.2) is 4.98 Å². The molecule has 0 aliphatic carbocycles. The van der Waals surface area contributed by atoms with E-state index in [0.29, 0.717) is 11.6 Å². The summed E-state index contributed by atoms with van der Waals surface area (Å²) < 4.78 is 38.0. The van der Waals surface area contributed by atoms with Gasteiger partial charge in [0.05, 0.1) is 5.02 Å². The molecule has 0 aliphatic rings. The molecule has 0 saturated heterocycles. The van der Waals surface area contributed by atoms with Crippen molar-refractivity contribution in [1.29, 1.82) is 0 Å². The van der Waals surface area contributed by atoms with Gasteiger partial charge in [0.2, 0.25) is 0 Å². The van der Waals surface area contributed by atoms with Crippen molar-refractivity contribution in [3.05, 3.63) is 22.8 Å². The van der Waals surface area contributed by atoms with Gasteiger partial charge in [0, 0.05) is 24.8 Å². The first kappa shape index (κ1) is 18.0. The molecule has 1 heterocycles. The highest BCUT2D eigenvalue weighted by Gasteiger charge is 2.32. The van der Waals surface area contributed by atoms with Gasteiger partial charge in [0.15, 0.2) is 0 Å². The second kappa shape index (κ2) is 7.31. The summed E-state index contributed by atoms with van der Waals surface area (Å²) >= 11 is 6.05. The van der Waals surface area contributed by atoms with Crippen molar-refractivity contribution in [2.24, 2.45) is 0 Å². The minimum absolute atomic E-state index is 0.258. The third-order valence-corrected chi connectivity index (χ3v) is 3.23. The SMILES string of the molecule is CC(C)NCc1cc(N(CC(F)(F)F)C(C)C)ncc1Cl. The molecule has 0 aliphatic heterocycles. The highest BCUT2D eigenvalue weighted by molar-refractivity contribution is 6.31. The van der Waals surface area contributed by atoms with Crippen LogP contribution >= 0.6 is 11.6 Å². The number of alkyl halides is 3. The molecule has 0 saturated carbocycles. The van der Waals surface area contributed by atoms with E-state index in [1.165, 1.54) is 11.1 Å². The molecule has 0 amide bonds. The molecule has 1 N–H and O–H groups in total. The molecule has 3 nitrogen and oxygen atoms in total. The van der Waals surface area contributed by atoms with Crippen LogP contribution < -0.4 is 10.2 Å². The van der Waals surface area contributed by atoms with Crippen molar-refractivity contribution in [3.8, 4) is 0 Å². The van der Waals surface area contributed by atoms with Gasteiger partial charge in [-0.1, -0.05) is 25.4 Å². The lowest BCUT2D eigenvalue weighted by Crippen LogP contribution is -2.39. The quantitative estimate of drug-likeness (QED) is 0.857. The fourth-order valence-electron chi connectivity index (χ4n) is 1.80. The Balaban J connectivity index is 3.01. The van der Waals surface area contributed by atoms with Gasteiger partial charge in [-0.2, -0.15) is 13.2 Å². The Labute approximate surface area is 128 Å². The standard InChI is InChI=1S/C14H21ClF3N3/c1-9(2)19-6-11-5-13(20-7-12(11)15)21(10(3)4)8-14(16,17)18/h5,7,9-10,19H,6,8H2,1-4H3. The summed E-state index contributed by atoms with van der Waals surface area (Å²) in [6.07, 6.45) is -2.87. The van der Waals surface area contributed by atoms with Gasteiger partial charge in [-0.3, -0.25) is 0 Å². The number of hydrogen-bond donors (Lipinski definition) is 1. The summed E-state index contributed by atoms with van der Waals surface area (Å²) in [4.78, 5) is 5.26. The molecule has 1 aromatic rings. The molecule has 1 rings (SSSR count). The van der Waals surface area contributed by atoms with E-state index in [4.69, 9.17) is 11.6 Å². The molecule has 0 bridgehead atoms. The van der Waals surface area contributed by atoms with Crippen LogP contribution in [-0.4, -0.2) is 29.8 Å². The van der Waals surface area contributed by atoms with E-state index in [1.807, 2.05) is 13.8 Å². The smallest absolute Gasteiger partial charge is 0.345 e. The number of rotatable bonds is 6. The van der Waals surface area contributed by atoms with Crippen molar-refractivity contribution < 1.29 is 13.2 Å². The van der Waals surface area contributed by atoms with Gasteiger partial charge in [-0.15, -0.1) is 0 Å². The molecule has 0 radical (unpaired) electrons. The zero-order chi connectivity index (χ0) is 16.2. The Morgan fingerprint density at radius 1 is 1.29 bits per heavy atom. The van der Waals surface area contributed by atoms with Crippen molar-refractivity contribution in [2.45, 2.75) is 52.5 Å². The zero-order valence-corrected chi connectivity index (χ0v) is 13.4. The van der Waals surface area contributed by atoms with Crippen molar-refractivity contribution >= 4 is 17.4 Å². The first-order valence-electron chi connectivity index (χ1n) is 6.81. The molecule has 0 fully saturated rings. The van der Waals surface area contributed by atoms with E-state index < -0.39 is 12.7 Å². The van der Waals surface area contributed by atoms with E-state index in [2.05, 4.69) is 10.3 Å². The third kappa shape index (κ3) is 6.09. The third-order valence-electron chi connectivity index (χ3n) is 2.89. The van der Waals surface area contributed by atoms with E-state index in [1.54, 1.807) is 19.9 Å². The van der Waals surface area contributed by atoms with E-state index >= 15 is 0 Å². The Morgan fingerprint density at radius 2 is 1.90 bits per heavy atom. The fourth-order valence-corrected chi connectivity index (χ4v) is 1.97. The number of pyridine rings is 1. The summed E-state index contributed by atoms with van der Waals surface area (Å²) in [6, 6.07) is 1.56. The van der Waals surface area contributed by atoms with Crippen LogP contribution in [0.1, 0.15) is 33.3 Å². The summed E-state index contributed by atoms with van der Waals surface area (Å²) in [7, 11) is 0. The maximum Gasteiger partial charge on any atom is 0.405 e. The molecule has 0 spiro atoms. The lowest BCUT2D eigenvalue weighted by atomic mass is 10.2. The molecule has 0 atom stereocenters. The summed E-state index contributed by atoms with van der Waals surface area (Å²) in [5, 5.41) is 3.64. The highest BCUT2D eigenvalue weighted by atomic mass is 35.5. The van der Waals surface area contributed by atoms with Crippen molar-refractivity contribution in [1.82, 2.24) is 10.3 Å². The van der Waals surface area contributed by atoms with Crippen LogP contribution in [0.15, 0.2) is 12.3 Å². The number of halogens is 4. The van der Waals surface area contributed by atoms with Crippen molar-refractivity contribution in [3.63, 3.8) is 0 Å².